The summed E-state index contributed by atoms with van der Waals surface area (Å²) >= 11 is 0. The first-order valence-electron chi connectivity index (χ1n) is 12.1. The minimum absolute atomic E-state index is 0.0550. The Balaban J connectivity index is 1.40. The number of hydrogen-bond donors (Lipinski definition) is 1. The molecule has 1 aromatic carbocycles. The Hall–Kier alpha value is -2.64. The van der Waals surface area contributed by atoms with E-state index in [1.54, 1.807) is 4.90 Å². The van der Waals surface area contributed by atoms with Crippen LogP contribution < -0.4 is 10.1 Å². The molecule has 0 saturated carbocycles. The predicted octanol–water partition coefficient (Wildman–Crippen LogP) is 3.59. The van der Waals surface area contributed by atoms with Crippen LogP contribution in [0.1, 0.15) is 55.5 Å². The first kappa shape index (κ1) is 23.5. The van der Waals surface area contributed by atoms with Gasteiger partial charge in [0.05, 0.1) is 6.54 Å². The highest BCUT2D eigenvalue weighted by Crippen LogP contribution is 2.34. The minimum atomic E-state index is -0.412. The Labute approximate surface area is 195 Å². The number of benzene rings is 1. The van der Waals surface area contributed by atoms with Crippen LogP contribution in [0, 0.1) is 5.92 Å². The second-order valence-electron chi connectivity index (χ2n) is 8.62. The number of allylic oxidation sites excluding steroid dienone is 1. The molecular formula is C26H34N2O5. The summed E-state index contributed by atoms with van der Waals surface area (Å²) in [7, 11) is 0. The van der Waals surface area contributed by atoms with E-state index in [2.05, 4.69) is 23.5 Å². The van der Waals surface area contributed by atoms with Crippen molar-refractivity contribution in [2.45, 2.75) is 58.4 Å². The fourth-order valence-electron chi connectivity index (χ4n) is 4.71. The first-order chi connectivity index (χ1) is 16.1. The number of ether oxygens (including phenoxy) is 3. The molecule has 1 aliphatic carbocycles. The molecule has 0 spiro atoms. The number of nitrogens with zero attached hydrogens (tertiary/aromatic N) is 1. The van der Waals surface area contributed by atoms with Crippen molar-refractivity contribution in [3.8, 4) is 5.75 Å². The molecule has 1 N–H and O–H groups in total. The number of carbonyl (C=O) groups excluding carboxylic acids is 2. The van der Waals surface area contributed by atoms with Gasteiger partial charge in [-0.2, -0.15) is 0 Å². The van der Waals surface area contributed by atoms with Gasteiger partial charge >= 0.3 is 0 Å². The van der Waals surface area contributed by atoms with Crippen LogP contribution in [0.25, 0.3) is 0 Å². The fraction of sp³-hybridized carbons (Fsp3) is 0.538. The van der Waals surface area contributed by atoms with Gasteiger partial charge in [0.2, 0.25) is 5.91 Å². The summed E-state index contributed by atoms with van der Waals surface area (Å²) in [6, 6.07) is 5.16. The van der Waals surface area contributed by atoms with Crippen molar-refractivity contribution in [2.75, 3.05) is 26.4 Å². The average Bonchev–Trinajstić information content (AvgIpc) is 3.01. The van der Waals surface area contributed by atoms with Crippen molar-refractivity contribution in [2.24, 2.45) is 5.92 Å². The molecule has 2 atom stereocenters. The van der Waals surface area contributed by atoms with Gasteiger partial charge in [0, 0.05) is 36.8 Å². The van der Waals surface area contributed by atoms with Crippen molar-refractivity contribution in [1.29, 1.82) is 0 Å². The Morgan fingerprint density at radius 1 is 1.15 bits per heavy atom. The molecule has 1 unspecified atom stereocenters. The molecule has 178 valence electrons. The Bertz CT molecular complexity index is 919. The van der Waals surface area contributed by atoms with Crippen LogP contribution in [0.4, 0.5) is 0 Å². The van der Waals surface area contributed by atoms with Gasteiger partial charge in [0.15, 0.2) is 6.29 Å². The van der Waals surface area contributed by atoms with Gasteiger partial charge in [-0.3, -0.25) is 9.59 Å². The molecule has 1 fully saturated rings. The van der Waals surface area contributed by atoms with Crippen molar-refractivity contribution >= 4 is 11.8 Å². The van der Waals surface area contributed by atoms with E-state index in [1.807, 2.05) is 32.0 Å². The lowest BCUT2D eigenvalue weighted by atomic mass is 9.96. The van der Waals surface area contributed by atoms with Crippen LogP contribution in [0.3, 0.4) is 0 Å². The van der Waals surface area contributed by atoms with E-state index in [4.69, 9.17) is 14.2 Å². The van der Waals surface area contributed by atoms with Crippen LogP contribution in [-0.2, 0) is 20.8 Å². The van der Waals surface area contributed by atoms with E-state index in [0.29, 0.717) is 50.6 Å². The molecular weight excluding hydrogens is 420 g/mol. The lowest BCUT2D eigenvalue weighted by molar-refractivity contribution is -0.157. The zero-order valence-corrected chi connectivity index (χ0v) is 19.5. The van der Waals surface area contributed by atoms with E-state index in [0.717, 1.165) is 30.4 Å². The van der Waals surface area contributed by atoms with Gasteiger partial charge in [-0.1, -0.05) is 24.3 Å². The van der Waals surface area contributed by atoms with Gasteiger partial charge in [-0.05, 0) is 57.2 Å². The topological polar surface area (TPSA) is 77.1 Å². The second kappa shape index (κ2) is 11.0. The SMILES string of the molecule is CCOC(OCC)C1C=CC(COc2cccc3c2CN([C@H]2CCCCNC2=O)C3=O)=CC1. The van der Waals surface area contributed by atoms with Crippen molar-refractivity contribution in [3.05, 3.63) is 53.1 Å². The molecule has 0 aromatic heterocycles. The molecule has 1 aromatic rings. The molecule has 0 radical (unpaired) electrons. The van der Waals surface area contributed by atoms with Crippen molar-refractivity contribution in [3.63, 3.8) is 0 Å². The van der Waals surface area contributed by atoms with E-state index in [-0.39, 0.29) is 24.0 Å². The molecule has 7 heteroatoms. The molecule has 0 bridgehead atoms. The molecule has 7 nitrogen and oxygen atoms in total. The van der Waals surface area contributed by atoms with Crippen LogP contribution >= 0.6 is 0 Å². The largest absolute Gasteiger partial charge is 0.489 e. The number of hydrogen-bond acceptors (Lipinski definition) is 5. The summed E-state index contributed by atoms with van der Waals surface area (Å²) in [5, 5.41) is 2.93. The van der Waals surface area contributed by atoms with Gasteiger partial charge in [0.1, 0.15) is 18.4 Å². The molecule has 4 rings (SSSR count). The zero-order chi connectivity index (χ0) is 23.2. The maximum Gasteiger partial charge on any atom is 0.255 e. The van der Waals surface area contributed by atoms with E-state index in [9.17, 15) is 9.59 Å². The Morgan fingerprint density at radius 2 is 1.97 bits per heavy atom. The van der Waals surface area contributed by atoms with Gasteiger partial charge in [-0.15, -0.1) is 0 Å². The number of nitrogens with one attached hydrogen (secondary N) is 1. The second-order valence-corrected chi connectivity index (χ2v) is 8.62. The number of fused-ring (bicyclic) bond motifs is 1. The summed E-state index contributed by atoms with van der Waals surface area (Å²) < 4.78 is 17.6. The molecule has 33 heavy (non-hydrogen) atoms. The maximum atomic E-state index is 13.1. The number of carbonyl (C=O) groups is 2. The molecule has 2 amide bonds. The summed E-state index contributed by atoms with van der Waals surface area (Å²) in [5.74, 6) is 0.748. The maximum absolute atomic E-state index is 13.1. The first-order valence-corrected chi connectivity index (χ1v) is 12.1. The van der Waals surface area contributed by atoms with Crippen LogP contribution in [0.15, 0.2) is 42.0 Å². The Morgan fingerprint density at radius 3 is 2.70 bits per heavy atom. The third-order valence-corrected chi connectivity index (χ3v) is 6.45. The Kier molecular flexibility index (Phi) is 7.83. The van der Waals surface area contributed by atoms with Crippen LogP contribution in [0.5, 0.6) is 5.75 Å². The summed E-state index contributed by atoms with van der Waals surface area (Å²) in [5.41, 5.74) is 2.58. The smallest absolute Gasteiger partial charge is 0.255 e. The lowest BCUT2D eigenvalue weighted by Crippen LogP contribution is -2.45. The predicted molar refractivity (Wildman–Crippen MR) is 125 cm³/mol. The summed E-state index contributed by atoms with van der Waals surface area (Å²) in [6.45, 7) is 6.69. The quantitative estimate of drug-likeness (QED) is 0.577. The van der Waals surface area contributed by atoms with E-state index < -0.39 is 6.04 Å². The highest BCUT2D eigenvalue weighted by Gasteiger charge is 2.38. The fourth-order valence-corrected chi connectivity index (χ4v) is 4.71. The van der Waals surface area contributed by atoms with E-state index >= 15 is 0 Å². The summed E-state index contributed by atoms with van der Waals surface area (Å²) in [4.78, 5) is 27.3. The lowest BCUT2D eigenvalue weighted by Gasteiger charge is -2.26. The number of rotatable bonds is 9. The standard InChI is InChI=1S/C26H34N2O5/c1-3-31-26(32-4-2)19-13-11-18(12-14-19)17-33-23-10-7-8-20-21(23)16-28(25(20)30)22-9-5-6-15-27-24(22)29/h7-8,10-13,19,22,26H,3-6,9,14-17H2,1-2H3,(H,27,29)/t19?,22-/m0/s1. The third-order valence-electron chi connectivity index (χ3n) is 6.45. The molecule has 2 heterocycles. The molecule has 3 aliphatic rings. The van der Waals surface area contributed by atoms with Gasteiger partial charge < -0.3 is 24.4 Å². The highest BCUT2D eigenvalue weighted by molar-refractivity contribution is 6.01. The number of amides is 2. The van der Waals surface area contributed by atoms with Crippen molar-refractivity contribution in [1.82, 2.24) is 10.2 Å². The molecule has 1 saturated heterocycles. The van der Waals surface area contributed by atoms with Crippen LogP contribution in [0.2, 0.25) is 0 Å². The zero-order valence-electron chi connectivity index (χ0n) is 19.5. The monoisotopic (exact) mass is 454 g/mol. The average molecular weight is 455 g/mol. The minimum Gasteiger partial charge on any atom is -0.489 e. The van der Waals surface area contributed by atoms with Gasteiger partial charge in [0.25, 0.3) is 5.91 Å². The normalized spacial score (nSPS) is 22.8. The van der Waals surface area contributed by atoms with E-state index in [1.165, 1.54) is 0 Å². The van der Waals surface area contributed by atoms with Gasteiger partial charge in [-0.25, -0.2) is 0 Å². The highest BCUT2D eigenvalue weighted by atomic mass is 16.7. The van der Waals surface area contributed by atoms with Crippen LogP contribution in [-0.4, -0.2) is 55.4 Å². The molecule has 2 aliphatic heterocycles. The third kappa shape index (κ3) is 5.31. The van der Waals surface area contributed by atoms with Crippen molar-refractivity contribution < 1.29 is 23.8 Å². The summed E-state index contributed by atoms with van der Waals surface area (Å²) in [6.07, 6.45) is 9.53.